The van der Waals surface area contributed by atoms with Crippen LogP contribution in [0.5, 0.6) is 0 Å². The quantitative estimate of drug-likeness (QED) is 0.723. The molecule has 3 nitrogen and oxygen atoms in total. The Labute approximate surface area is 120 Å². The summed E-state index contributed by atoms with van der Waals surface area (Å²) in [7, 11) is 0. The first-order valence-corrected chi connectivity index (χ1v) is 7.56. The van der Waals surface area contributed by atoms with E-state index in [4.69, 9.17) is 11.6 Å². The van der Waals surface area contributed by atoms with Crippen molar-refractivity contribution in [3.8, 4) is 0 Å². The van der Waals surface area contributed by atoms with E-state index < -0.39 is 0 Å². The summed E-state index contributed by atoms with van der Waals surface area (Å²) < 4.78 is 2.26. The molecule has 1 aromatic carbocycles. The highest BCUT2D eigenvalue weighted by atomic mass is 35.5. The van der Waals surface area contributed by atoms with Gasteiger partial charge in [0.25, 0.3) is 0 Å². The van der Waals surface area contributed by atoms with Crippen molar-refractivity contribution in [3.05, 3.63) is 30.1 Å². The minimum atomic E-state index is 0.472. The van der Waals surface area contributed by atoms with E-state index in [2.05, 4.69) is 40.4 Å². The number of para-hydroxylation sites is 2. The van der Waals surface area contributed by atoms with Crippen LogP contribution >= 0.6 is 11.6 Å². The van der Waals surface area contributed by atoms with Gasteiger partial charge < -0.3 is 9.47 Å². The lowest BCUT2D eigenvalue weighted by atomic mass is 10.3. The van der Waals surface area contributed by atoms with Gasteiger partial charge in [0.05, 0.1) is 16.9 Å². The fourth-order valence-electron chi connectivity index (χ4n) is 2.47. The van der Waals surface area contributed by atoms with Crippen molar-refractivity contribution in [3.63, 3.8) is 0 Å². The smallest absolute Gasteiger partial charge is 0.124 e. The predicted molar refractivity (Wildman–Crippen MR) is 81.7 cm³/mol. The first kappa shape index (κ1) is 14.4. The maximum absolute atomic E-state index is 6.01. The number of aryl methyl sites for hydroxylation is 1. The molecule has 0 aliphatic carbocycles. The second-order valence-corrected chi connectivity index (χ2v) is 4.95. The van der Waals surface area contributed by atoms with Crippen molar-refractivity contribution in [2.24, 2.45) is 0 Å². The predicted octanol–water partition coefficient (Wildman–Crippen LogP) is 3.51. The van der Waals surface area contributed by atoms with Crippen molar-refractivity contribution >= 4 is 22.6 Å². The van der Waals surface area contributed by atoms with E-state index in [0.29, 0.717) is 5.88 Å². The average molecular weight is 280 g/mol. The molecule has 2 rings (SSSR count). The van der Waals surface area contributed by atoms with Gasteiger partial charge in [-0.05, 0) is 38.2 Å². The highest BCUT2D eigenvalue weighted by Crippen LogP contribution is 2.17. The molecule has 104 valence electrons. The van der Waals surface area contributed by atoms with Crippen LogP contribution in [-0.2, 0) is 12.4 Å². The fourth-order valence-corrected chi connectivity index (χ4v) is 2.67. The van der Waals surface area contributed by atoms with Crippen molar-refractivity contribution in [2.75, 3.05) is 19.6 Å². The number of fused-ring (bicyclic) bond motifs is 1. The summed E-state index contributed by atoms with van der Waals surface area (Å²) in [4.78, 5) is 7.03. The van der Waals surface area contributed by atoms with E-state index in [9.17, 15) is 0 Å². The maximum atomic E-state index is 6.01. The summed E-state index contributed by atoms with van der Waals surface area (Å²) in [5, 5.41) is 0. The Morgan fingerprint density at radius 3 is 2.63 bits per heavy atom. The lowest BCUT2D eigenvalue weighted by molar-refractivity contribution is 0.293. The minimum Gasteiger partial charge on any atom is -0.327 e. The third-order valence-electron chi connectivity index (χ3n) is 3.60. The van der Waals surface area contributed by atoms with Crippen LogP contribution in [0.2, 0.25) is 0 Å². The van der Waals surface area contributed by atoms with Crippen LogP contribution in [0.25, 0.3) is 11.0 Å². The number of rotatable bonds is 7. The molecule has 0 unspecified atom stereocenters. The average Bonchev–Trinajstić information content (AvgIpc) is 2.82. The summed E-state index contributed by atoms with van der Waals surface area (Å²) in [6.45, 7) is 8.76. The molecule has 0 fully saturated rings. The van der Waals surface area contributed by atoms with Crippen LogP contribution in [0.3, 0.4) is 0 Å². The molecule has 0 aliphatic heterocycles. The molecule has 0 saturated carbocycles. The normalized spacial score (nSPS) is 11.6. The van der Waals surface area contributed by atoms with Crippen molar-refractivity contribution in [1.29, 1.82) is 0 Å². The zero-order valence-corrected chi connectivity index (χ0v) is 12.5. The molecule has 0 N–H and O–H groups in total. The number of hydrogen-bond acceptors (Lipinski definition) is 2. The van der Waals surface area contributed by atoms with Crippen LogP contribution in [-0.4, -0.2) is 34.1 Å². The Hall–Kier alpha value is -1.06. The number of aromatic nitrogens is 2. The Morgan fingerprint density at radius 2 is 1.95 bits per heavy atom. The first-order valence-electron chi connectivity index (χ1n) is 7.02. The molecule has 1 heterocycles. The molecule has 2 aromatic rings. The molecule has 0 bridgehead atoms. The van der Waals surface area contributed by atoms with Crippen molar-refractivity contribution < 1.29 is 0 Å². The number of nitrogens with zero attached hydrogens (tertiary/aromatic N) is 3. The van der Waals surface area contributed by atoms with Gasteiger partial charge in [0.15, 0.2) is 0 Å². The summed E-state index contributed by atoms with van der Waals surface area (Å²) in [6, 6.07) is 8.25. The van der Waals surface area contributed by atoms with Gasteiger partial charge in [-0.1, -0.05) is 26.0 Å². The van der Waals surface area contributed by atoms with Crippen molar-refractivity contribution in [2.45, 2.75) is 32.7 Å². The van der Waals surface area contributed by atoms with E-state index in [-0.39, 0.29) is 0 Å². The Morgan fingerprint density at radius 1 is 1.21 bits per heavy atom. The molecule has 0 radical (unpaired) electrons. The van der Waals surface area contributed by atoms with Crippen LogP contribution < -0.4 is 0 Å². The van der Waals surface area contributed by atoms with E-state index in [1.54, 1.807) is 0 Å². The van der Waals surface area contributed by atoms with Gasteiger partial charge in [0.1, 0.15) is 5.82 Å². The number of hydrogen-bond donors (Lipinski definition) is 0. The Kier molecular flexibility index (Phi) is 5.23. The largest absolute Gasteiger partial charge is 0.327 e. The molecule has 0 amide bonds. The fraction of sp³-hybridized carbons (Fsp3) is 0.533. The maximum Gasteiger partial charge on any atom is 0.124 e. The molecule has 0 spiro atoms. The Balaban J connectivity index is 2.10. The van der Waals surface area contributed by atoms with Crippen LogP contribution in [0.15, 0.2) is 24.3 Å². The number of alkyl halides is 1. The number of benzene rings is 1. The van der Waals surface area contributed by atoms with Gasteiger partial charge in [-0.3, -0.25) is 0 Å². The van der Waals surface area contributed by atoms with Gasteiger partial charge in [-0.2, -0.15) is 0 Å². The molecule has 0 atom stereocenters. The SMILES string of the molecule is CCN(CC)CCCn1c(CCl)nc2ccccc21. The van der Waals surface area contributed by atoms with Gasteiger partial charge in [-0.25, -0.2) is 4.98 Å². The third-order valence-corrected chi connectivity index (χ3v) is 3.84. The highest BCUT2D eigenvalue weighted by molar-refractivity contribution is 6.16. The van der Waals surface area contributed by atoms with Gasteiger partial charge in [0.2, 0.25) is 0 Å². The summed E-state index contributed by atoms with van der Waals surface area (Å²) in [5.74, 6) is 1.45. The summed E-state index contributed by atoms with van der Waals surface area (Å²) >= 11 is 6.01. The topological polar surface area (TPSA) is 21.1 Å². The highest BCUT2D eigenvalue weighted by Gasteiger charge is 2.09. The van der Waals surface area contributed by atoms with E-state index in [0.717, 1.165) is 43.9 Å². The monoisotopic (exact) mass is 279 g/mol. The first-order chi connectivity index (χ1) is 9.30. The van der Waals surface area contributed by atoms with E-state index >= 15 is 0 Å². The van der Waals surface area contributed by atoms with Gasteiger partial charge in [0, 0.05) is 6.54 Å². The number of imidazole rings is 1. The third kappa shape index (κ3) is 3.28. The lowest BCUT2D eigenvalue weighted by Gasteiger charge is -2.18. The van der Waals surface area contributed by atoms with Gasteiger partial charge >= 0.3 is 0 Å². The Bertz CT molecular complexity index is 517. The minimum absolute atomic E-state index is 0.472. The molecule has 19 heavy (non-hydrogen) atoms. The zero-order valence-electron chi connectivity index (χ0n) is 11.8. The second-order valence-electron chi connectivity index (χ2n) is 4.68. The summed E-state index contributed by atoms with van der Waals surface area (Å²) in [6.07, 6.45) is 1.13. The van der Waals surface area contributed by atoms with Crippen LogP contribution in [0.1, 0.15) is 26.1 Å². The van der Waals surface area contributed by atoms with Gasteiger partial charge in [-0.15, -0.1) is 11.6 Å². The summed E-state index contributed by atoms with van der Waals surface area (Å²) in [5.41, 5.74) is 2.23. The molecular formula is C15H22ClN3. The number of halogens is 1. The zero-order chi connectivity index (χ0) is 13.7. The standard InChI is InChI=1S/C15H22ClN3/c1-3-18(4-2)10-7-11-19-14-9-6-5-8-13(14)17-15(19)12-16/h5-6,8-9H,3-4,7,10-12H2,1-2H3. The molecular weight excluding hydrogens is 258 g/mol. The second kappa shape index (κ2) is 6.92. The van der Waals surface area contributed by atoms with Crippen LogP contribution in [0.4, 0.5) is 0 Å². The van der Waals surface area contributed by atoms with Crippen molar-refractivity contribution in [1.82, 2.24) is 14.5 Å². The lowest BCUT2D eigenvalue weighted by Crippen LogP contribution is -2.25. The molecule has 1 aromatic heterocycles. The van der Waals surface area contributed by atoms with E-state index in [1.165, 1.54) is 5.52 Å². The molecule has 0 aliphatic rings. The van der Waals surface area contributed by atoms with E-state index in [1.807, 2.05) is 12.1 Å². The van der Waals surface area contributed by atoms with Crippen LogP contribution in [0, 0.1) is 0 Å². The molecule has 4 heteroatoms. The molecule has 0 saturated heterocycles.